The van der Waals surface area contributed by atoms with Crippen LogP contribution in [0.1, 0.15) is 30.1 Å². The van der Waals surface area contributed by atoms with Crippen LogP contribution in [0.2, 0.25) is 0 Å². The van der Waals surface area contributed by atoms with Crippen LogP contribution < -0.4 is 5.32 Å². The summed E-state index contributed by atoms with van der Waals surface area (Å²) in [5, 5.41) is 23.5. The van der Waals surface area contributed by atoms with E-state index in [1.807, 2.05) is 0 Å². The molecule has 1 saturated heterocycles. The second kappa shape index (κ2) is 8.29. The number of nitro benzene ring substituents is 1. The smallest absolute Gasteiger partial charge is 0.377 e. The molecule has 0 unspecified atom stereocenters. The Morgan fingerprint density at radius 3 is 2.48 bits per heavy atom. The average Bonchev–Trinajstić information content (AvgIpc) is 2.64. The number of carbonyl (C=O) groups is 2. The monoisotopic (exact) mass is 416 g/mol. The van der Waals surface area contributed by atoms with Gasteiger partial charge < -0.3 is 15.2 Å². The fourth-order valence-corrected chi connectivity index (χ4v) is 3.23. The van der Waals surface area contributed by atoms with Crippen molar-refractivity contribution in [1.82, 2.24) is 5.32 Å². The molecular weight excluding hydrogens is 397 g/mol. The van der Waals surface area contributed by atoms with E-state index in [4.69, 9.17) is 4.74 Å². The maximum atomic E-state index is 13.0. The molecule has 0 aliphatic carbocycles. The van der Waals surface area contributed by atoms with Crippen molar-refractivity contribution >= 4 is 17.4 Å². The number of carbonyl (C=O) groups excluding carboxylic acids is 2. The number of aliphatic hydroxyl groups is 1. The number of benzene rings is 1. The summed E-state index contributed by atoms with van der Waals surface area (Å²) < 4.78 is 43.8. The standard InChI is InChI=1S/C18H19F3N2O6/c1-3-4-13-9-14(22-16(25)18(19,20)21)17(26,10(2)29-13)15(24)11-5-7-12(8-6-11)23(27)28/h3,5-8,10,13-14,26H,1,4,9H2,2H3,(H,22,25)/t10-,13+,14+,17+/m1/s1. The maximum Gasteiger partial charge on any atom is 0.471 e. The molecule has 0 aromatic heterocycles. The Kier molecular flexibility index (Phi) is 6.43. The van der Waals surface area contributed by atoms with Crippen molar-refractivity contribution < 1.29 is 37.5 Å². The van der Waals surface area contributed by atoms with Gasteiger partial charge in [-0.05, 0) is 31.9 Å². The summed E-state index contributed by atoms with van der Waals surface area (Å²) in [6.45, 7) is 4.81. The van der Waals surface area contributed by atoms with Crippen LogP contribution in [-0.4, -0.2) is 51.7 Å². The van der Waals surface area contributed by atoms with E-state index >= 15 is 0 Å². The van der Waals surface area contributed by atoms with E-state index in [1.54, 1.807) is 5.32 Å². The number of hydrogen-bond acceptors (Lipinski definition) is 6. The van der Waals surface area contributed by atoms with E-state index < -0.39 is 46.6 Å². The molecule has 0 radical (unpaired) electrons. The molecule has 1 aromatic rings. The van der Waals surface area contributed by atoms with E-state index in [0.717, 1.165) is 24.3 Å². The molecule has 1 amide bonds. The highest BCUT2D eigenvalue weighted by atomic mass is 19.4. The number of Topliss-reactive ketones (excluding diaryl/α,β-unsaturated/α-hetero) is 1. The molecule has 0 spiro atoms. The van der Waals surface area contributed by atoms with E-state index in [2.05, 4.69) is 6.58 Å². The highest BCUT2D eigenvalue weighted by molar-refractivity contribution is 6.04. The van der Waals surface area contributed by atoms with Gasteiger partial charge in [-0.15, -0.1) is 6.58 Å². The van der Waals surface area contributed by atoms with Gasteiger partial charge in [-0.25, -0.2) is 0 Å². The highest BCUT2D eigenvalue weighted by Gasteiger charge is 2.55. The number of nitro groups is 1. The minimum Gasteiger partial charge on any atom is -0.377 e. The Morgan fingerprint density at radius 1 is 1.41 bits per heavy atom. The van der Waals surface area contributed by atoms with Crippen molar-refractivity contribution in [2.45, 2.75) is 49.8 Å². The Bertz CT molecular complexity index is 811. The molecule has 0 bridgehead atoms. The zero-order chi connectivity index (χ0) is 22.0. The number of amides is 1. The van der Waals surface area contributed by atoms with Gasteiger partial charge in [0.25, 0.3) is 5.69 Å². The number of nitrogens with one attached hydrogen (secondary N) is 1. The lowest BCUT2D eigenvalue weighted by molar-refractivity contribution is -0.384. The number of nitrogens with zero attached hydrogens (tertiary/aromatic N) is 1. The molecule has 1 heterocycles. The van der Waals surface area contributed by atoms with E-state index in [9.17, 15) is 38.0 Å². The Balaban J connectivity index is 2.41. The third-order valence-electron chi connectivity index (χ3n) is 4.74. The number of rotatable bonds is 6. The summed E-state index contributed by atoms with van der Waals surface area (Å²) in [7, 11) is 0. The van der Waals surface area contributed by atoms with Crippen LogP contribution in [0.3, 0.4) is 0 Å². The van der Waals surface area contributed by atoms with Crippen LogP contribution in [0.4, 0.5) is 18.9 Å². The minimum atomic E-state index is -5.22. The first-order valence-corrected chi connectivity index (χ1v) is 8.56. The quantitative estimate of drug-likeness (QED) is 0.318. The molecule has 1 aliphatic rings. The van der Waals surface area contributed by atoms with Crippen molar-refractivity contribution in [2.75, 3.05) is 0 Å². The number of ether oxygens (including phenoxy) is 1. The third-order valence-corrected chi connectivity index (χ3v) is 4.74. The molecule has 2 rings (SSSR count). The summed E-state index contributed by atoms with van der Waals surface area (Å²) in [5.74, 6) is -3.33. The van der Waals surface area contributed by atoms with Crippen molar-refractivity contribution in [3.05, 3.63) is 52.6 Å². The van der Waals surface area contributed by atoms with E-state index in [-0.39, 0.29) is 24.1 Å². The minimum absolute atomic E-state index is 0.179. The average molecular weight is 416 g/mol. The third kappa shape index (κ3) is 4.62. The molecule has 1 fully saturated rings. The summed E-state index contributed by atoms with van der Waals surface area (Å²) >= 11 is 0. The summed E-state index contributed by atoms with van der Waals surface area (Å²) in [4.78, 5) is 34.5. The highest BCUT2D eigenvalue weighted by Crippen LogP contribution is 2.34. The molecule has 11 heteroatoms. The van der Waals surface area contributed by atoms with Crippen molar-refractivity contribution in [3.8, 4) is 0 Å². The first-order valence-electron chi connectivity index (χ1n) is 8.56. The van der Waals surface area contributed by atoms with Gasteiger partial charge in [-0.1, -0.05) is 6.08 Å². The summed E-state index contributed by atoms with van der Waals surface area (Å²) in [6, 6.07) is 2.59. The van der Waals surface area contributed by atoms with Gasteiger partial charge in [0.2, 0.25) is 0 Å². The second-order valence-electron chi connectivity index (χ2n) is 6.64. The van der Waals surface area contributed by atoms with Gasteiger partial charge in [-0.3, -0.25) is 19.7 Å². The fourth-order valence-electron chi connectivity index (χ4n) is 3.23. The fraction of sp³-hybridized carbons (Fsp3) is 0.444. The number of ketones is 1. The Hall–Kier alpha value is -2.79. The van der Waals surface area contributed by atoms with Crippen LogP contribution >= 0.6 is 0 Å². The lowest BCUT2D eigenvalue weighted by Gasteiger charge is -2.46. The summed E-state index contributed by atoms with van der Waals surface area (Å²) in [6.07, 6.45) is -5.75. The van der Waals surface area contributed by atoms with Crippen LogP contribution in [0.5, 0.6) is 0 Å². The molecule has 2 N–H and O–H groups in total. The van der Waals surface area contributed by atoms with Gasteiger partial charge in [0.1, 0.15) is 0 Å². The van der Waals surface area contributed by atoms with Crippen LogP contribution in [0.15, 0.2) is 36.9 Å². The number of non-ortho nitro benzene ring substituents is 1. The van der Waals surface area contributed by atoms with E-state index in [1.165, 1.54) is 13.0 Å². The van der Waals surface area contributed by atoms with Gasteiger partial charge >= 0.3 is 12.1 Å². The van der Waals surface area contributed by atoms with Gasteiger partial charge in [0, 0.05) is 17.7 Å². The van der Waals surface area contributed by atoms with Crippen molar-refractivity contribution in [1.29, 1.82) is 0 Å². The number of alkyl halides is 3. The Morgan fingerprint density at radius 2 is 2.00 bits per heavy atom. The van der Waals surface area contributed by atoms with Crippen molar-refractivity contribution in [2.24, 2.45) is 0 Å². The molecule has 0 saturated carbocycles. The largest absolute Gasteiger partial charge is 0.471 e. The molecule has 8 nitrogen and oxygen atoms in total. The van der Waals surface area contributed by atoms with Gasteiger partial charge in [0.05, 0.1) is 23.2 Å². The lowest BCUT2D eigenvalue weighted by Crippen LogP contribution is -2.68. The summed E-state index contributed by atoms with van der Waals surface area (Å²) in [5.41, 5.74) is -3.01. The van der Waals surface area contributed by atoms with Crippen LogP contribution in [0.25, 0.3) is 0 Å². The molecule has 1 aromatic carbocycles. The molecular formula is C18H19F3N2O6. The number of halogens is 3. The second-order valence-corrected chi connectivity index (χ2v) is 6.64. The van der Waals surface area contributed by atoms with Crippen LogP contribution in [0, 0.1) is 10.1 Å². The SMILES string of the molecule is C=CC[C@H]1C[C@H](NC(=O)C(F)(F)F)[C@](O)(C(=O)c2ccc([N+](=O)[O-])cc2)[C@@H](C)O1. The van der Waals surface area contributed by atoms with Gasteiger partial charge in [-0.2, -0.15) is 13.2 Å². The first kappa shape index (κ1) is 22.5. The normalized spacial score (nSPS) is 27.1. The molecule has 4 atom stereocenters. The van der Waals surface area contributed by atoms with Gasteiger partial charge in [0.15, 0.2) is 11.4 Å². The Labute approximate surface area is 163 Å². The zero-order valence-electron chi connectivity index (χ0n) is 15.3. The van der Waals surface area contributed by atoms with Crippen LogP contribution in [-0.2, 0) is 9.53 Å². The molecule has 158 valence electrons. The molecule has 1 aliphatic heterocycles. The predicted octanol–water partition coefficient (Wildman–Crippen LogP) is 2.31. The topological polar surface area (TPSA) is 119 Å². The first-order chi connectivity index (χ1) is 13.4. The van der Waals surface area contributed by atoms with E-state index in [0.29, 0.717) is 0 Å². The lowest BCUT2D eigenvalue weighted by atomic mass is 9.76. The van der Waals surface area contributed by atoms with Crippen molar-refractivity contribution in [3.63, 3.8) is 0 Å². The number of hydrogen-bond donors (Lipinski definition) is 2. The predicted molar refractivity (Wildman–Crippen MR) is 94.1 cm³/mol. The zero-order valence-corrected chi connectivity index (χ0v) is 15.3. The maximum absolute atomic E-state index is 13.0. The molecule has 29 heavy (non-hydrogen) atoms.